The Balaban J connectivity index is 1.19. The summed E-state index contributed by atoms with van der Waals surface area (Å²) in [7, 11) is 0. The zero-order valence-electron chi connectivity index (χ0n) is 15.9. The Morgan fingerprint density at radius 1 is 0.964 bits per heavy atom. The number of rotatable bonds is 5. The van der Waals surface area contributed by atoms with E-state index in [0.29, 0.717) is 12.0 Å². The van der Waals surface area contributed by atoms with Crippen molar-refractivity contribution in [1.29, 1.82) is 0 Å². The fraction of sp³-hybridized carbons (Fsp3) is 0.391. The van der Waals surface area contributed by atoms with Crippen LogP contribution in [-0.4, -0.2) is 35.3 Å². The maximum Gasteiger partial charge on any atom is 0.217 e. The van der Waals surface area contributed by atoms with Gasteiger partial charge in [-0.15, -0.1) is 0 Å². The zero-order chi connectivity index (χ0) is 18.8. The van der Waals surface area contributed by atoms with E-state index in [1.165, 1.54) is 10.9 Å². The van der Waals surface area contributed by atoms with E-state index in [-0.39, 0.29) is 6.10 Å². The van der Waals surface area contributed by atoms with E-state index in [2.05, 4.69) is 34.6 Å². The predicted octanol–water partition coefficient (Wildman–Crippen LogP) is 4.55. The van der Waals surface area contributed by atoms with Crippen LogP contribution in [-0.2, 0) is 4.74 Å². The number of para-hydroxylation sites is 1. The van der Waals surface area contributed by atoms with Gasteiger partial charge in [-0.25, -0.2) is 9.97 Å². The topological polar surface area (TPSA) is 56.3 Å². The predicted molar refractivity (Wildman–Crippen MR) is 110 cm³/mol. The third-order valence-corrected chi connectivity index (χ3v) is 5.79. The monoisotopic (exact) mass is 375 g/mol. The number of nitrogens with one attached hydrogen (secondary N) is 1. The minimum atomic E-state index is 0.214. The first-order valence-corrected chi connectivity index (χ1v) is 10.2. The molecule has 1 N–H and O–H groups in total. The van der Waals surface area contributed by atoms with Gasteiger partial charge in [0, 0.05) is 49.2 Å². The van der Waals surface area contributed by atoms with Crippen LogP contribution in [0.5, 0.6) is 5.88 Å². The molecular weight excluding hydrogens is 350 g/mol. The van der Waals surface area contributed by atoms with Crippen molar-refractivity contribution in [3.05, 3.63) is 60.3 Å². The van der Waals surface area contributed by atoms with Crippen molar-refractivity contribution in [3.63, 3.8) is 0 Å². The molecule has 5 heteroatoms. The fourth-order valence-electron chi connectivity index (χ4n) is 4.11. The summed E-state index contributed by atoms with van der Waals surface area (Å²) in [6, 6.07) is 16.9. The van der Waals surface area contributed by atoms with Crippen LogP contribution in [0, 0.1) is 0 Å². The average Bonchev–Trinajstić information content (AvgIpc) is 2.73. The van der Waals surface area contributed by atoms with E-state index in [4.69, 9.17) is 14.5 Å². The second-order valence-corrected chi connectivity index (χ2v) is 7.73. The van der Waals surface area contributed by atoms with Gasteiger partial charge in [0.05, 0.1) is 5.52 Å². The molecule has 2 aromatic heterocycles. The number of hydrogen-bond donors (Lipinski definition) is 1. The molecule has 3 aromatic rings. The SMILES string of the molecule is c1cnc(OC2CC(Nc3ccc4ccccc4n3)C2)c(C2CCOCC2)c1. The summed E-state index contributed by atoms with van der Waals surface area (Å²) in [5.74, 6) is 2.23. The molecule has 0 spiro atoms. The third kappa shape index (κ3) is 3.67. The number of aromatic nitrogens is 2. The van der Waals surface area contributed by atoms with E-state index in [1.54, 1.807) is 0 Å². The summed E-state index contributed by atoms with van der Waals surface area (Å²) in [6.07, 6.45) is 6.07. The Kier molecular flexibility index (Phi) is 4.83. The lowest BCUT2D eigenvalue weighted by Gasteiger charge is -2.36. The van der Waals surface area contributed by atoms with Crippen molar-refractivity contribution >= 4 is 16.7 Å². The van der Waals surface area contributed by atoms with Crippen LogP contribution in [0.15, 0.2) is 54.7 Å². The number of fused-ring (bicyclic) bond motifs is 1. The largest absolute Gasteiger partial charge is 0.474 e. The number of ether oxygens (including phenoxy) is 2. The third-order valence-electron chi connectivity index (χ3n) is 5.79. The molecular formula is C23H25N3O2. The maximum absolute atomic E-state index is 6.26. The molecule has 0 unspecified atom stereocenters. The first-order chi connectivity index (χ1) is 13.8. The van der Waals surface area contributed by atoms with Gasteiger partial charge in [-0.05, 0) is 43.0 Å². The zero-order valence-corrected chi connectivity index (χ0v) is 15.9. The number of benzene rings is 1. The summed E-state index contributed by atoms with van der Waals surface area (Å²) in [6.45, 7) is 1.65. The van der Waals surface area contributed by atoms with Crippen molar-refractivity contribution < 1.29 is 9.47 Å². The molecule has 1 aliphatic heterocycles. The summed E-state index contributed by atoms with van der Waals surface area (Å²) >= 11 is 0. The van der Waals surface area contributed by atoms with Crippen LogP contribution in [0.2, 0.25) is 0 Å². The Morgan fingerprint density at radius 2 is 1.82 bits per heavy atom. The summed E-state index contributed by atoms with van der Waals surface area (Å²) in [5, 5.41) is 4.70. The van der Waals surface area contributed by atoms with Gasteiger partial charge >= 0.3 is 0 Å². The molecule has 144 valence electrons. The normalized spacial score (nSPS) is 22.6. The lowest BCUT2D eigenvalue weighted by atomic mass is 9.88. The van der Waals surface area contributed by atoms with Gasteiger partial charge in [0.1, 0.15) is 11.9 Å². The molecule has 1 saturated carbocycles. The number of pyridine rings is 2. The molecule has 2 fully saturated rings. The summed E-state index contributed by atoms with van der Waals surface area (Å²) < 4.78 is 11.8. The molecule has 3 heterocycles. The first-order valence-electron chi connectivity index (χ1n) is 10.2. The van der Waals surface area contributed by atoms with Gasteiger partial charge in [-0.3, -0.25) is 0 Å². The first kappa shape index (κ1) is 17.4. The molecule has 5 nitrogen and oxygen atoms in total. The van der Waals surface area contributed by atoms with Crippen LogP contribution >= 0.6 is 0 Å². The molecule has 1 aliphatic carbocycles. The molecule has 0 atom stereocenters. The summed E-state index contributed by atoms with van der Waals surface area (Å²) in [5.41, 5.74) is 2.26. The quantitative estimate of drug-likeness (QED) is 0.709. The highest BCUT2D eigenvalue weighted by molar-refractivity contribution is 5.80. The maximum atomic E-state index is 6.26. The van der Waals surface area contributed by atoms with E-state index < -0.39 is 0 Å². The lowest BCUT2D eigenvalue weighted by Crippen LogP contribution is -2.43. The minimum absolute atomic E-state index is 0.214. The minimum Gasteiger partial charge on any atom is -0.474 e. The van der Waals surface area contributed by atoms with Crippen LogP contribution in [0.1, 0.15) is 37.2 Å². The van der Waals surface area contributed by atoms with Gasteiger partial charge in [0.15, 0.2) is 0 Å². The van der Waals surface area contributed by atoms with Crippen molar-refractivity contribution in [2.75, 3.05) is 18.5 Å². The van der Waals surface area contributed by atoms with Crippen LogP contribution in [0.4, 0.5) is 5.82 Å². The number of anilines is 1. The fourth-order valence-corrected chi connectivity index (χ4v) is 4.11. The van der Waals surface area contributed by atoms with Crippen molar-refractivity contribution in [2.45, 2.75) is 43.7 Å². The summed E-state index contributed by atoms with van der Waals surface area (Å²) in [4.78, 5) is 9.23. The van der Waals surface area contributed by atoms with Gasteiger partial charge in [0.2, 0.25) is 5.88 Å². The van der Waals surface area contributed by atoms with Gasteiger partial charge in [-0.2, -0.15) is 0 Å². The van der Waals surface area contributed by atoms with Gasteiger partial charge in [-0.1, -0.05) is 24.3 Å². The molecule has 2 aliphatic rings. The lowest BCUT2D eigenvalue weighted by molar-refractivity contribution is 0.0794. The molecule has 28 heavy (non-hydrogen) atoms. The van der Waals surface area contributed by atoms with Crippen LogP contribution < -0.4 is 10.1 Å². The van der Waals surface area contributed by atoms with Crippen molar-refractivity contribution in [1.82, 2.24) is 9.97 Å². The molecule has 5 rings (SSSR count). The van der Waals surface area contributed by atoms with E-state index in [9.17, 15) is 0 Å². The number of nitrogens with zero attached hydrogens (tertiary/aromatic N) is 2. The Labute approximate surface area is 165 Å². The molecule has 0 bridgehead atoms. The average molecular weight is 375 g/mol. The second kappa shape index (κ2) is 7.76. The smallest absolute Gasteiger partial charge is 0.217 e. The van der Waals surface area contributed by atoms with Crippen molar-refractivity contribution in [3.8, 4) is 5.88 Å². The second-order valence-electron chi connectivity index (χ2n) is 7.73. The van der Waals surface area contributed by atoms with Gasteiger partial charge < -0.3 is 14.8 Å². The molecule has 1 saturated heterocycles. The van der Waals surface area contributed by atoms with Crippen molar-refractivity contribution in [2.24, 2.45) is 0 Å². The Bertz CT molecular complexity index is 949. The Hall–Kier alpha value is -2.66. The Morgan fingerprint density at radius 3 is 2.71 bits per heavy atom. The van der Waals surface area contributed by atoms with E-state index in [1.807, 2.05) is 30.5 Å². The standard InChI is InChI=1S/C23H25N3O2/c1-2-6-21-17(4-1)7-8-22(26-21)25-18-14-19(15-18)28-23-20(5-3-11-24-23)16-9-12-27-13-10-16/h1-8,11,16,18-19H,9-10,12-15H2,(H,25,26). The molecule has 0 radical (unpaired) electrons. The van der Waals surface area contributed by atoms with E-state index in [0.717, 1.165) is 56.1 Å². The highest BCUT2D eigenvalue weighted by atomic mass is 16.5. The highest BCUT2D eigenvalue weighted by Crippen LogP contribution is 2.35. The van der Waals surface area contributed by atoms with E-state index >= 15 is 0 Å². The molecule has 1 aromatic carbocycles. The highest BCUT2D eigenvalue weighted by Gasteiger charge is 2.32. The van der Waals surface area contributed by atoms with Crippen LogP contribution in [0.25, 0.3) is 10.9 Å². The molecule has 0 amide bonds. The number of hydrogen-bond acceptors (Lipinski definition) is 5. The van der Waals surface area contributed by atoms with Gasteiger partial charge in [0.25, 0.3) is 0 Å². The van der Waals surface area contributed by atoms with Crippen LogP contribution in [0.3, 0.4) is 0 Å².